The van der Waals surface area contributed by atoms with Gasteiger partial charge in [0.2, 0.25) is 11.8 Å². The number of thiophene rings is 1. The van der Waals surface area contributed by atoms with Gasteiger partial charge in [-0.15, -0.1) is 11.3 Å². The fraction of sp³-hybridized carbons (Fsp3) is 0.250. The summed E-state index contributed by atoms with van der Waals surface area (Å²) in [6.45, 7) is 4.07. The number of rotatable bonds is 8. The van der Waals surface area contributed by atoms with Crippen LogP contribution in [0.3, 0.4) is 0 Å². The van der Waals surface area contributed by atoms with Gasteiger partial charge in [-0.1, -0.05) is 48.5 Å². The van der Waals surface area contributed by atoms with Gasteiger partial charge in [-0.25, -0.2) is 0 Å². The van der Waals surface area contributed by atoms with Crippen molar-refractivity contribution in [1.82, 2.24) is 10.2 Å². The summed E-state index contributed by atoms with van der Waals surface area (Å²) in [6.07, 6.45) is 0. The van der Waals surface area contributed by atoms with E-state index in [9.17, 15) is 9.59 Å². The molecule has 0 spiro atoms. The smallest absolute Gasteiger partial charge is 0.243 e. The molecule has 0 saturated carbocycles. The second kappa shape index (κ2) is 10.2. The molecule has 0 unspecified atom stereocenters. The van der Waals surface area contributed by atoms with Gasteiger partial charge in [0.15, 0.2) is 0 Å². The fourth-order valence-corrected chi connectivity index (χ4v) is 4.00. The summed E-state index contributed by atoms with van der Waals surface area (Å²) in [5.74, 6) is -0.346. The highest BCUT2D eigenvalue weighted by Gasteiger charge is 2.18. The van der Waals surface area contributed by atoms with Crippen molar-refractivity contribution in [2.24, 2.45) is 0 Å². The number of carbonyl (C=O) groups is 2. The molecule has 0 aliphatic carbocycles. The lowest BCUT2D eigenvalue weighted by Gasteiger charge is -2.21. The van der Waals surface area contributed by atoms with Gasteiger partial charge in [-0.05, 0) is 48.1 Å². The molecule has 156 valence electrons. The van der Waals surface area contributed by atoms with Crippen molar-refractivity contribution in [3.05, 3.63) is 87.6 Å². The molecule has 3 rings (SSSR count). The SMILES string of the molecule is Cc1ccc(C)c(NC(=O)CN(C)C(=O)CN[C@@H](c2ccccc2)c2cccs2)c1. The third-order valence-electron chi connectivity index (χ3n) is 4.89. The van der Waals surface area contributed by atoms with Crippen LogP contribution in [0, 0.1) is 13.8 Å². The van der Waals surface area contributed by atoms with Crippen LogP contribution in [-0.4, -0.2) is 36.9 Å². The van der Waals surface area contributed by atoms with Crippen molar-refractivity contribution in [3.8, 4) is 0 Å². The van der Waals surface area contributed by atoms with Gasteiger partial charge in [0, 0.05) is 17.6 Å². The zero-order valence-corrected chi connectivity index (χ0v) is 18.3. The Morgan fingerprint density at radius 2 is 1.80 bits per heavy atom. The molecule has 0 saturated heterocycles. The molecule has 0 radical (unpaired) electrons. The molecule has 2 amide bonds. The first-order chi connectivity index (χ1) is 14.4. The maximum atomic E-state index is 12.6. The minimum Gasteiger partial charge on any atom is -0.335 e. The summed E-state index contributed by atoms with van der Waals surface area (Å²) in [5.41, 5.74) is 3.94. The summed E-state index contributed by atoms with van der Waals surface area (Å²) >= 11 is 1.65. The number of nitrogens with zero attached hydrogens (tertiary/aromatic N) is 1. The summed E-state index contributed by atoms with van der Waals surface area (Å²) in [4.78, 5) is 27.6. The molecule has 0 aliphatic rings. The van der Waals surface area contributed by atoms with Crippen LogP contribution in [0.2, 0.25) is 0 Å². The number of hydrogen-bond acceptors (Lipinski definition) is 4. The van der Waals surface area contributed by atoms with Crippen molar-refractivity contribution >= 4 is 28.8 Å². The van der Waals surface area contributed by atoms with Crippen molar-refractivity contribution < 1.29 is 9.59 Å². The van der Waals surface area contributed by atoms with Crippen molar-refractivity contribution in [2.75, 3.05) is 25.5 Å². The molecule has 2 N–H and O–H groups in total. The van der Waals surface area contributed by atoms with E-state index in [2.05, 4.69) is 16.7 Å². The maximum Gasteiger partial charge on any atom is 0.243 e. The quantitative estimate of drug-likeness (QED) is 0.575. The molecule has 1 atom stereocenters. The standard InChI is InChI=1S/C24H27N3O2S/c1-17-11-12-18(2)20(14-17)26-22(28)16-27(3)23(29)15-25-24(21-10-7-13-30-21)19-8-5-4-6-9-19/h4-14,24-25H,15-16H2,1-3H3,(H,26,28)/t24-/m0/s1. The highest BCUT2D eigenvalue weighted by Crippen LogP contribution is 2.25. The number of hydrogen-bond donors (Lipinski definition) is 2. The van der Waals surface area contributed by atoms with Crippen LogP contribution in [0.1, 0.15) is 27.6 Å². The van der Waals surface area contributed by atoms with Crippen LogP contribution in [0.5, 0.6) is 0 Å². The highest BCUT2D eigenvalue weighted by atomic mass is 32.1. The van der Waals surface area contributed by atoms with E-state index in [1.54, 1.807) is 18.4 Å². The van der Waals surface area contributed by atoms with Gasteiger partial charge in [-0.2, -0.15) is 0 Å². The van der Waals surface area contributed by atoms with E-state index in [0.29, 0.717) is 0 Å². The predicted octanol–water partition coefficient (Wildman–Crippen LogP) is 4.14. The number of likely N-dealkylation sites (N-methyl/N-ethyl adjacent to an activating group) is 1. The Kier molecular flexibility index (Phi) is 7.38. The molecule has 30 heavy (non-hydrogen) atoms. The van der Waals surface area contributed by atoms with Crippen LogP contribution < -0.4 is 10.6 Å². The van der Waals surface area contributed by atoms with E-state index in [1.165, 1.54) is 4.90 Å². The van der Waals surface area contributed by atoms with Crippen LogP contribution >= 0.6 is 11.3 Å². The molecule has 0 aliphatic heterocycles. The van der Waals surface area contributed by atoms with Gasteiger partial charge in [0.05, 0.1) is 19.1 Å². The van der Waals surface area contributed by atoms with Crippen LogP contribution in [0.15, 0.2) is 66.0 Å². The second-order valence-corrected chi connectivity index (χ2v) is 8.34. The number of aryl methyl sites for hydroxylation is 2. The lowest BCUT2D eigenvalue weighted by atomic mass is 10.1. The number of benzene rings is 2. The average Bonchev–Trinajstić information content (AvgIpc) is 3.26. The van der Waals surface area contributed by atoms with E-state index in [4.69, 9.17) is 0 Å². The minimum absolute atomic E-state index is 0.00288. The Hall–Kier alpha value is -2.96. The second-order valence-electron chi connectivity index (χ2n) is 7.36. The lowest BCUT2D eigenvalue weighted by Crippen LogP contribution is -2.41. The molecule has 3 aromatic rings. The number of carbonyl (C=O) groups excluding carboxylic acids is 2. The van der Waals surface area contributed by atoms with Crippen molar-refractivity contribution in [2.45, 2.75) is 19.9 Å². The van der Waals surface area contributed by atoms with Gasteiger partial charge in [-0.3, -0.25) is 14.9 Å². The Bertz CT molecular complexity index is 987. The first-order valence-corrected chi connectivity index (χ1v) is 10.7. The monoisotopic (exact) mass is 421 g/mol. The first kappa shape index (κ1) is 21.7. The zero-order chi connectivity index (χ0) is 21.5. The van der Waals surface area contributed by atoms with Gasteiger partial charge in [0.25, 0.3) is 0 Å². The maximum absolute atomic E-state index is 12.6. The Labute approximate surface area is 181 Å². The van der Waals surface area contributed by atoms with Crippen molar-refractivity contribution in [3.63, 3.8) is 0 Å². The van der Waals surface area contributed by atoms with Crippen LogP contribution in [-0.2, 0) is 9.59 Å². The normalized spacial score (nSPS) is 11.7. The van der Waals surface area contributed by atoms with Gasteiger partial charge in [0.1, 0.15) is 0 Å². The van der Waals surface area contributed by atoms with Crippen LogP contribution in [0.25, 0.3) is 0 Å². The van der Waals surface area contributed by atoms with E-state index in [0.717, 1.165) is 27.3 Å². The van der Waals surface area contributed by atoms with Gasteiger partial charge < -0.3 is 10.2 Å². The Morgan fingerprint density at radius 1 is 1.03 bits per heavy atom. The van der Waals surface area contributed by atoms with E-state index >= 15 is 0 Å². The minimum atomic E-state index is -0.211. The summed E-state index contributed by atoms with van der Waals surface area (Å²) < 4.78 is 0. The Balaban J connectivity index is 1.58. The summed E-state index contributed by atoms with van der Waals surface area (Å²) in [7, 11) is 1.65. The van der Waals surface area contributed by atoms with E-state index in [-0.39, 0.29) is 30.9 Å². The topological polar surface area (TPSA) is 61.4 Å². The number of anilines is 1. The molecule has 5 nitrogen and oxygen atoms in total. The van der Waals surface area contributed by atoms with Gasteiger partial charge >= 0.3 is 0 Å². The summed E-state index contributed by atoms with van der Waals surface area (Å²) in [6, 6.07) is 19.9. The number of nitrogens with one attached hydrogen (secondary N) is 2. The summed E-state index contributed by atoms with van der Waals surface area (Å²) in [5, 5.41) is 8.27. The molecular formula is C24H27N3O2S. The molecule has 0 fully saturated rings. The number of amides is 2. The van der Waals surface area contributed by atoms with Crippen molar-refractivity contribution in [1.29, 1.82) is 0 Å². The van der Waals surface area contributed by atoms with E-state index < -0.39 is 0 Å². The molecule has 6 heteroatoms. The fourth-order valence-electron chi connectivity index (χ4n) is 3.17. The largest absolute Gasteiger partial charge is 0.335 e. The van der Waals surface area contributed by atoms with Crippen LogP contribution in [0.4, 0.5) is 5.69 Å². The molecule has 2 aromatic carbocycles. The third-order valence-corrected chi connectivity index (χ3v) is 5.83. The Morgan fingerprint density at radius 3 is 2.50 bits per heavy atom. The lowest BCUT2D eigenvalue weighted by molar-refractivity contribution is -0.132. The van der Waals surface area contributed by atoms with E-state index in [1.807, 2.05) is 73.8 Å². The molecule has 0 bridgehead atoms. The highest BCUT2D eigenvalue weighted by molar-refractivity contribution is 7.10. The predicted molar refractivity (Wildman–Crippen MR) is 123 cm³/mol. The third kappa shape index (κ3) is 5.78. The molecule has 1 heterocycles. The average molecular weight is 422 g/mol. The molecular weight excluding hydrogens is 394 g/mol. The first-order valence-electron chi connectivity index (χ1n) is 9.87. The molecule has 1 aromatic heterocycles. The zero-order valence-electron chi connectivity index (χ0n) is 17.5.